The number of imide groups is 1. The van der Waals surface area contributed by atoms with Crippen LogP contribution in [0.4, 0.5) is 0 Å². The summed E-state index contributed by atoms with van der Waals surface area (Å²) in [7, 11) is 3.19. The van der Waals surface area contributed by atoms with Crippen LogP contribution in [-0.2, 0) is 14.3 Å². The Morgan fingerprint density at radius 2 is 2.19 bits per heavy atom. The minimum absolute atomic E-state index is 0.102. The van der Waals surface area contributed by atoms with Crippen molar-refractivity contribution in [1.29, 1.82) is 0 Å². The molecule has 2 amide bonds. The summed E-state index contributed by atoms with van der Waals surface area (Å²) in [5.74, 6) is 0.384. The molecular formula is C11H18N2O3. The predicted octanol–water partition coefficient (Wildman–Crippen LogP) is -0.242. The van der Waals surface area contributed by atoms with E-state index < -0.39 is 0 Å². The van der Waals surface area contributed by atoms with Crippen molar-refractivity contribution >= 4 is 11.8 Å². The van der Waals surface area contributed by atoms with Gasteiger partial charge in [0.25, 0.3) is 0 Å². The molecule has 1 aliphatic carbocycles. The van der Waals surface area contributed by atoms with Crippen LogP contribution in [0.3, 0.4) is 0 Å². The lowest BCUT2D eigenvalue weighted by Crippen LogP contribution is -2.46. The topological polar surface area (TPSA) is 58.6 Å². The number of methoxy groups -OCH3 is 1. The normalized spacial score (nSPS) is 27.6. The summed E-state index contributed by atoms with van der Waals surface area (Å²) in [4.78, 5) is 24.3. The maximum Gasteiger partial charge on any atom is 0.246 e. The van der Waals surface area contributed by atoms with Gasteiger partial charge in [-0.1, -0.05) is 0 Å². The summed E-state index contributed by atoms with van der Waals surface area (Å²) in [5, 5.41) is 3.25. The van der Waals surface area contributed by atoms with Gasteiger partial charge in [0.2, 0.25) is 11.8 Å². The molecule has 1 saturated heterocycles. The molecule has 0 spiro atoms. The number of carbonyl (C=O) groups excluding carboxylic acids is 2. The van der Waals surface area contributed by atoms with Crippen LogP contribution in [0.5, 0.6) is 0 Å². The van der Waals surface area contributed by atoms with Crippen molar-refractivity contribution in [3.05, 3.63) is 0 Å². The third kappa shape index (κ3) is 2.25. The smallest absolute Gasteiger partial charge is 0.246 e. The maximum atomic E-state index is 11.7. The summed E-state index contributed by atoms with van der Waals surface area (Å²) in [5.41, 5.74) is 0. The van der Waals surface area contributed by atoms with Gasteiger partial charge in [0.15, 0.2) is 0 Å². The molecule has 1 heterocycles. The number of likely N-dealkylation sites (tertiary alicyclic amines) is 1. The van der Waals surface area contributed by atoms with Crippen LogP contribution >= 0.6 is 0 Å². The Morgan fingerprint density at radius 3 is 2.62 bits per heavy atom. The fourth-order valence-electron chi connectivity index (χ4n) is 2.14. The molecule has 2 rings (SSSR count). The molecule has 0 radical (unpaired) electrons. The Balaban J connectivity index is 1.92. The number of likely N-dealkylation sites (N-methyl/N-ethyl adjacent to an activating group) is 1. The number of ether oxygens (including phenoxy) is 1. The minimum Gasteiger partial charge on any atom is -0.383 e. The molecule has 0 aromatic rings. The maximum absolute atomic E-state index is 11.7. The average molecular weight is 226 g/mol. The highest BCUT2D eigenvalue weighted by molar-refractivity contribution is 6.05. The lowest BCUT2D eigenvalue weighted by atomic mass is 10.1. The first-order valence-corrected chi connectivity index (χ1v) is 5.69. The number of carbonyl (C=O) groups is 2. The van der Waals surface area contributed by atoms with Crippen molar-refractivity contribution < 1.29 is 14.3 Å². The molecule has 0 aromatic heterocycles. The van der Waals surface area contributed by atoms with Crippen molar-refractivity contribution in [3.8, 4) is 0 Å². The molecule has 2 aliphatic rings. The molecule has 1 aliphatic heterocycles. The summed E-state index contributed by atoms with van der Waals surface area (Å²) >= 11 is 0. The summed E-state index contributed by atoms with van der Waals surface area (Å²) in [6.07, 6.45) is 2.65. The van der Waals surface area contributed by atoms with Gasteiger partial charge < -0.3 is 10.1 Å². The van der Waals surface area contributed by atoms with E-state index in [1.165, 1.54) is 24.8 Å². The highest BCUT2D eigenvalue weighted by Gasteiger charge is 2.40. The van der Waals surface area contributed by atoms with Gasteiger partial charge in [0.1, 0.15) is 0 Å². The molecule has 90 valence electrons. The van der Waals surface area contributed by atoms with E-state index in [1.54, 1.807) is 7.11 Å². The SMILES string of the molecule is COCC(NC1CC(=O)N(C)C1=O)C1CC1. The molecule has 16 heavy (non-hydrogen) atoms. The van der Waals surface area contributed by atoms with Gasteiger partial charge in [-0.2, -0.15) is 0 Å². The lowest BCUT2D eigenvalue weighted by molar-refractivity contribution is -0.137. The van der Waals surface area contributed by atoms with E-state index in [9.17, 15) is 9.59 Å². The van der Waals surface area contributed by atoms with E-state index in [4.69, 9.17) is 4.74 Å². The Morgan fingerprint density at radius 1 is 1.50 bits per heavy atom. The molecular weight excluding hydrogens is 208 g/mol. The van der Waals surface area contributed by atoms with E-state index in [-0.39, 0.29) is 30.3 Å². The first kappa shape index (κ1) is 11.5. The highest BCUT2D eigenvalue weighted by atomic mass is 16.5. The van der Waals surface area contributed by atoms with Crippen LogP contribution in [0.1, 0.15) is 19.3 Å². The average Bonchev–Trinajstić information content (AvgIpc) is 3.05. The number of amides is 2. The van der Waals surface area contributed by atoms with Crippen molar-refractivity contribution in [3.63, 3.8) is 0 Å². The number of hydrogen-bond donors (Lipinski definition) is 1. The standard InChI is InChI=1S/C11H18N2O3/c1-13-10(14)5-8(11(13)15)12-9(6-16-2)7-3-4-7/h7-9,12H,3-6H2,1-2H3. The van der Waals surface area contributed by atoms with Gasteiger partial charge in [-0.05, 0) is 18.8 Å². The second-order valence-electron chi connectivity index (χ2n) is 4.61. The fourth-order valence-corrected chi connectivity index (χ4v) is 2.14. The van der Waals surface area contributed by atoms with E-state index in [1.807, 2.05) is 0 Å². The van der Waals surface area contributed by atoms with E-state index in [0.29, 0.717) is 12.5 Å². The van der Waals surface area contributed by atoms with Gasteiger partial charge in [0, 0.05) is 20.2 Å². The van der Waals surface area contributed by atoms with Crippen molar-refractivity contribution in [2.75, 3.05) is 20.8 Å². The molecule has 2 unspecified atom stereocenters. The van der Waals surface area contributed by atoms with Gasteiger partial charge in [-0.3, -0.25) is 14.5 Å². The zero-order valence-corrected chi connectivity index (χ0v) is 9.73. The van der Waals surface area contributed by atoms with Crippen LogP contribution in [0.25, 0.3) is 0 Å². The Bertz CT molecular complexity index is 302. The van der Waals surface area contributed by atoms with Crippen LogP contribution < -0.4 is 5.32 Å². The molecule has 1 N–H and O–H groups in total. The summed E-state index contributed by atoms with van der Waals surface area (Å²) in [6.45, 7) is 0.604. The third-order valence-corrected chi connectivity index (χ3v) is 3.33. The van der Waals surface area contributed by atoms with E-state index in [0.717, 1.165) is 0 Å². The van der Waals surface area contributed by atoms with Crippen LogP contribution in [0, 0.1) is 5.92 Å². The molecule has 2 fully saturated rings. The molecule has 1 saturated carbocycles. The largest absolute Gasteiger partial charge is 0.383 e. The molecule has 5 nitrogen and oxygen atoms in total. The van der Waals surface area contributed by atoms with Gasteiger partial charge in [-0.25, -0.2) is 0 Å². The Labute approximate surface area is 95.1 Å². The predicted molar refractivity (Wildman–Crippen MR) is 57.7 cm³/mol. The highest BCUT2D eigenvalue weighted by Crippen LogP contribution is 2.33. The zero-order valence-electron chi connectivity index (χ0n) is 9.73. The molecule has 2 atom stereocenters. The molecule has 0 bridgehead atoms. The number of nitrogens with zero attached hydrogens (tertiary/aromatic N) is 1. The number of rotatable bonds is 5. The first-order chi connectivity index (χ1) is 7.63. The molecule has 5 heteroatoms. The van der Waals surface area contributed by atoms with Gasteiger partial charge >= 0.3 is 0 Å². The Kier molecular flexibility index (Phi) is 3.25. The monoisotopic (exact) mass is 226 g/mol. The van der Waals surface area contributed by atoms with Gasteiger partial charge in [-0.15, -0.1) is 0 Å². The van der Waals surface area contributed by atoms with E-state index >= 15 is 0 Å². The van der Waals surface area contributed by atoms with Crippen LogP contribution in [0.15, 0.2) is 0 Å². The van der Waals surface area contributed by atoms with Crippen molar-refractivity contribution in [1.82, 2.24) is 10.2 Å². The number of nitrogens with one attached hydrogen (secondary N) is 1. The minimum atomic E-state index is -0.349. The second kappa shape index (κ2) is 4.51. The quantitative estimate of drug-likeness (QED) is 0.657. The number of hydrogen-bond acceptors (Lipinski definition) is 4. The molecule has 0 aromatic carbocycles. The van der Waals surface area contributed by atoms with E-state index in [2.05, 4.69) is 5.32 Å². The van der Waals surface area contributed by atoms with Crippen molar-refractivity contribution in [2.45, 2.75) is 31.3 Å². The van der Waals surface area contributed by atoms with Gasteiger partial charge in [0.05, 0.1) is 19.1 Å². The summed E-state index contributed by atoms with van der Waals surface area (Å²) in [6, 6.07) is -0.142. The first-order valence-electron chi connectivity index (χ1n) is 5.69. The lowest BCUT2D eigenvalue weighted by Gasteiger charge is -2.20. The van der Waals surface area contributed by atoms with Crippen molar-refractivity contribution in [2.24, 2.45) is 5.92 Å². The third-order valence-electron chi connectivity index (χ3n) is 3.33. The Hall–Kier alpha value is -0.940. The zero-order chi connectivity index (χ0) is 11.7. The van der Waals surface area contributed by atoms with Crippen LogP contribution in [0.2, 0.25) is 0 Å². The second-order valence-corrected chi connectivity index (χ2v) is 4.61. The van der Waals surface area contributed by atoms with Crippen LogP contribution in [-0.4, -0.2) is 49.6 Å². The summed E-state index contributed by atoms with van der Waals surface area (Å²) < 4.78 is 5.13. The fraction of sp³-hybridized carbons (Fsp3) is 0.818.